The third-order valence-corrected chi connectivity index (χ3v) is 7.25. The van der Waals surface area contributed by atoms with Crippen LogP contribution in [0.3, 0.4) is 0 Å². The van der Waals surface area contributed by atoms with Crippen LogP contribution < -0.4 is 10.1 Å². The molecule has 0 saturated heterocycles. The van der Waals surface area contributed by atoms with Crippen LogP contribution >= 0.6 is 23.2 Å². The molecule has 3 aromatic rings. The van der Waals surface area contributed by atoms with Gasteiger partial charge in [-0.05, 0) is 90.8 Å². The summed E-state index contributed by atoms with van der Waals surface area (Å²) in [6.07, 6.45) is 5.39. The lowest BCUT2D eigenvalue weighted by Gasteiger charge is -2.71. The van der Waals surface area contributed by atoms with Gasteiger partial charge in [0.2, 0.25) is 0 Å². The summed E-state index contributed by atoms with van der Waals surface area (Å²) in [6.45, 7) is 2.03. The summed E-state index contributed by atoms with van der Waals surface area (Å²) in [5, 5.41) is 5.04. The Morgan fingerprint density at radius 2 is 1.78 bits per heavy atom. The van der Waals surface area contributed by atoms with Crippen molar-refractivity contribution in [1.29, 1.82) is 0 Å². The summed E-state index contributed by atoms with van der Waals surface area (Å²) >= 11 is 12.0. The van der Waals surface area contributed by atoms with Crippen molar-refractivity contribution in [3.05, 3.63) is 76.4 Å². The zero-order valence-corrected chi connectivity index (χ0v) is 19.3. The van der Waals surface area contributed by atoms with Crippen LogP contribution in [-0.4, -0.2) is 22.9 Å². The molecule has 1 aromatic heterocycles. The highest BCUT2D eigenvalue weighted by molar-refractivity contribution is 6.31. The lowest BCUT2D eigenvalue weighted by Crippen LogP contribution is -2.71. The quantitative estimate of drug-likeness (QED) is 0.399. The topological polar surface area (TPSA) is 51.2 Å². The van der Waals surface area contributed by atoms with Gasteiger partial charge in [0.25, 0.3) is 0 Å². The number of halogens is 2. The molecule has 0 atom stereocenters. The number of rotatable bonds is 8. The first-order valence-corrected chi connectivity index (χ1v) is 11.5. The van der Waals surface area contributed by atoms with Crippen molar-refractivity contribution in [2.75, 3.05) is 11.9 Å². The number of hydrogen-bond acceptors (Lipinski definition) is 4. The molecule has 0 aliphatic heterocycles. The largest absolute Gasteiger partial charge is 0.486 e. The van der Waals surface area contributed by atoms with Crippen LogP contribution in [0.1, 0.15) is 31.2 Å². The second-order valence-electron chi connectivity index (χ2n) is 9.29. The Kier molecular flexibility index (Phi) is 5.39. The Hall–Kier alpha value is -2.56. The van der Waals surface area contributed by atoms with E-state index in [1.165, 1.54) is 0 Å². The van der Waals surface area contributed by atoms with Crippen LogP contribution in [0.15, 0.2) is 60.8 Å². The predicted molar refractivity (Wildman–Crippen MR) is 129 cm³/mol. The Morgan fingerprint density at radius 1 is 1.03 bits per heavy atom. The van der Waals surface area contributed by atoms with Gasteiger partial charge in [0.1, 0.15) is 18.2 Å². The molecule has 3 saturated carbocycles. The maximum Gasteiger partial charge on any atom is 0.170 e. The van der Waals surface area contributed by atoms with Crippen molar-refractivity contribution >= 4 is 34.8 Å². The van der Waals surface area contributed by atoms with E-state index in [-0.39, 0.29) is 23.3 Å². The Labute approximate surface area is 197 Å². The van der Waals surface area contributed by atoms with Crippen LogP contribution in [0.2, 0.25) is 10.0 Å². The number of pyridine rings is 1. The third-order valence-electron chi connectivity index (χ3n) is 6.57. The van der Waals surface area contributed by atoms with E-state index >= 15 is 0 Å². The first-order valence-electron chi connectivity index (χ1n) is 10.7. The summed E-state index contributed by atoms with van der Waals surface area (Å²) in [7, 11) is 0. The van der Waals surface area contributed by atoms with Gasteiger partial charge >= 0.3 is 0 Å². The molecule has 1 heterocycles. The molecule has 0 spiro atoms. The van der Waals surface area contributed by atoms with Crippen molar-refractivity contribution in [3.63, 3.8) is 0 Å². The number of anilines is 1. The van der Waals surface area contributed by atoms with Gasteiger partial charge < -0.3 is 10.1 Å². The summed E-state index contributed by atoms with van der Waals surface area (Å²) in [5.41, 5.74) is 3.34. The maximum atomic E-state index is 12.5. The SMILES string of the molecule is Cc1cc(OCC(=O)CC23CC(Nc4cc(-c5ccc(Cl)cc5)ccn4)(C2)C3)ccc1Cl. The number of hydrogen-bond donors (Lipinski definition) is 1. The smallest absolute Gasteiger partial charge is 0.170 e. The maximum absolute atomic E-state index is 12.5. The number of nitrogens with one attached hydrogen (secondary N) is 1. The Morgan fingerprint density at radius 3 is 2.50 bits per heavy atom. The van der Waals surface area contributed by atoms with Crippen LogP contribution in [0.25, 0.3) is 11.1 Å². The minimum Gasteiger partial charge on any atom is -0.486 e. The van der Waals surface area contributed by atoms with Gasteiger partial charge in [-0.2, -0.15) is 0 Å². The Balaban J connectivity index is 1.13. The molecule has 4 nitrogen and oxygen atoms in total. The number of nitrogens with zero attached hydrogens (tertiary/aromatic N) is 1. The first kappa shape index (κ1) is 21.3. The van der Waals surface area contributed by atoms with Gasteiger partial charge in [0, 0.05) is 28.2 Å². The molecule has 3 fully saturated rings. The molecular weight excluding hydrogens is 443 g/mol. The monoisotopic (exact) mass is 466 g/mol. The van der Waals surface area contributed by atoms with E-state index in [0.29, 0.717) is 17.2 Å². The van der Waals surface area contributed by atoms with Crippen molar-refractivity contribution in [1.82, 2.24) is 4.98 Å². The highest BCUT2D eigenvalue weighted by atomic mass is 35.5. The zero-order valence-electron chi connectivity index (χ0n) is 17.8. The fourth-order valence-electron chi connectivity index (χ4n) is 5.25. The van der Waals surface area contributed by atoms with Gasteiger partial charge in [-0.25, -0.2) is 4.98 Å². The van der Waals surface area contributed by atoms with Crippen LogP contribution in [-0.2, 0) is 4.79 Å². The number of carbonyl (C=O) groups excluding carboxylic acids is 1. The zero-order chi connectivity index (χ0) is 22.3. The molecule has 164 valence electrons. The third kappa shape index (κ3) is 4.22. The summed E-state index contributed by atoms with van der Waals surface area (Å²) in [4.78, 5) is 17.0. The van der Waals surface area contributed by atoms with E-state index in [2.05, 4.69) is 16.4 Å². The molecule has 3 aliphatic rings. The molecule has 0 radical (unpaired) electrons. The standard InChI is InChI=1S/C26H24Cl2N2O2/c1-17-10-22(6-7-23(17)28)32-13-21(31)12-25-14-26(15-25,16-25)30-24-11-19(8-9-29-24)18-2-4-20(27)5-3-18/h2-11H,12-16H2,1H3,(H,29,30). The molecule has 6 rings (SSSR count). The van der Waals surface area contributed by atoms with E-state index in [1.807, 2.05) is 49.5 Å². The normalized spacial score (nSPS) is 23.1. The first-order chi connectivity index (χ1) is 15.3. The number of ether oxygens (including phenoxy) is 1. The molecule has 32 heavy (non-hydrogen) atoms. The van der Waals surface area contributed by atoms with Crippen molar-refractivity contribution < 1.29 is 9.53 Å². The molecule has 0 unspecified atom stereocenters. The van der Waals surface area contributed by atoms with E-state index in [4.69, 9.17) is 27.9 Å². The van der Waals surface area contributed by atoms with E-state index in [1.54, 1.807) is 12.1 Å². The predicted octanol–water partition coefficient (Wildman–Crippen LogP) is 6.74. The number of carbonyl (C=O) groups is 1. The minimum atomic E-state index is 0.0695. The van der Waals surface area contributed by atoms with Gasteiger partial charge in [-0.3, -0.25) is 4.79 Å². The molecule has 3 aliphatic carbocycles. The van der Waals surface area contributed by atoms with Crippen molar-refractivity contribution in [2.45, 2.75) is 38.1 Å². The lowest BCUT2D eigenvalue weighted by molar-refractivity contribution is -0.147. The van der Waals surface area contributed by atoms with Crippen LogP contribution in [0.5, 0.6) is 5.75 Å². The number of Topliss-reactive ketones (excluding diaryl/α,β-unsaturated/α-hetero) is 1. The average Bonchev–Trinajstić information content (AvgIpc) is 2.73. The number of benzene rings is 2. The van der Waals surface area contributed by atoms with E-state index < -0.39 is 0 Å². The lowest BCUT2D eigenvalue weighted by atomic mass is 9.38. The fourth-order valence-corrected chi connectivity index (χ4v) is 5.49. The van der Waals surface area contributed by atoms with Gasteiger partial charge in [0.15, 0.2) is 5.78 Å². The summed E-state index contributed by atoms with van der Waals surface area (Å²) in [5.74, 6) is 1.70. The summed E-state index contributed by atoms with van der Waals surface area (Å²) < 4.78 is 5.68. The van der Waals surface area contributed by atoms with E-state index in [0.717, 1.165) is 46.8 Å². The second kappa shape index (κ2) is 8.09. The average molecular weight is 467 g/mol. The van der Waals surface area contributed by atoms with Gasteiger partial charge in [0.05, 0.1) is 0 Å². The summed E-state index contributed by atoms with van der Waals surface area (Å²) in [6, 6.07) is 17.3. The fraction of sp³-hybridized carbons (Fsp3) is 0.308. The van der Waals surface area contributed by atoms with Crippen LogP contribution in [0.4, 0.5) is 5.82 Å². The highest BCUT2D eigenvalue weighted by Crippen LogP contribution is 2.70. The Bertz CT molecular complexity index is 1160. The minimum absolute atomic E-state index is 0.0695. The van der Waals surface area contributed by atoms with E-state index in [9.17, 15) is 4.79 Å². The van der Waals surface area contributed by atoms with Crippen LogP contribution in [0, 0.1) is 12.3 Å². The molecule has 1 N–H and O–H groups in total. The number of ketones is 1. The van der Waals surface area contributed by atoms with Gasteiger partial charge in [-0.15, -0.1) is 0 Å². The second-order valence-corrected chi connectivity index (χ2v) is 10.1. The molecular formula is C26H24Cl2N2O2. The van der Waals surface area contributed by atoms with Crippen molar-refractivity contribution in [2.24, 2.45) is 5.41 Å². The van der Waals surface area contributed by atoms with Gasteiger partial charge in [-0.1, -0.05) is 35.3 Å². The molecule has 2 bridgehead atoms. The number of aryl methyl sites for hydroxylation is 1. The highest BCUT2D eigenvalue weighted by Gasteiger charge is 2.68. The molecule has 0 amide bonds. The van der Waals surface area contributed by atoms with Crippen molar-refractivity contribution in [3.8, 4) is 16.9 Å². The molecule has 2 aromatic carbocycles. The molecule has 6 heteroatoms. The number of aromatic nitrogens is 1.